The van der Waals surface area contributed by atoms with Gasteiger partial charge < -0.3 is 9.47 Å². The lowest BCUT2D eigenvalue weighted by molar-refractivity contribution is 1.18. The largest absolute Gasteiger partial charge is 0.310 e. The highest BCUT2D eigenvalue weighted by molar-refractivity contribution is 6.16. The molecule has 0 aliphatic carbocycles. The minimum absolute atomic E-state index is 1.11. The molecule has 54 heavy (non-hydrogen) atoms. The van der Waals surface area contributed by atoms with E-state index in [2.05, 4.69) is 228 Å². The van der Waals surface area contributed by atoms with Crippen molar-refractivity contribution in [1.82, 2.24) is 4.57 Å². The Morgan fingerprint density at radius 1 is 0.333 bits per heavy atom. The van der Waals surface area contributed by atoms with Gasteiger partial charge in [0, 0.05) is 27.8 Å². The van der Waals surface area contributed by atoms with E-state index in [0.717, 1.165) is 28.3 Å². The highest BCUT2D eigenvalue weighted by atomic mass is 15.1. The van der Waals surface area contributed by atoms with Gasteiger partial charge in [-0.25, -0.2) is 0 Å². The summed E-state index contributed by atoms with van der Waals surface area (Å²) in [5, 5.41) is 4.90. The number of anilines is 3. The highest BCUT2D eigenvalue weighted by Crippen LogP contribution is 2.45. The van der Waals surface area contributed by atoms with Crippen LogP contribution >= 0.6 is 0 Å². The maximum Gasteiger partial charge on any atom is 0.0562 e. The summed E-state index contributed by atoms with van der Waals surface area (Å²) in [6.45, 7) is 0. The van der Waals surface area contributed by atoms with Crippen molar-refractivity contribution in [2.24, 2.45) is 0 Å². The third-order valence-corrected chi connectivity index (χ3v) is 10.6. The molecule has 0 aliphatic rings. The first-order valence-corrected chi connectivity index (χ1v) is 18.5. The van der Waals surface area contributed by atoms with E-state index in [9.17, 15) is 0 Å². The molecule has 9 aromatic carbocycles. The van der Waals surface area contributed by atoms with Crippen molar-refractivity contribution in [3.8, 4) is 39.1 Å². The molecule has 0 aliphatic heterocycles. The second-order valence-electron chi connectivity index (χ2n) is 13.7. The SMILES string of the molecule is c1ccc(-c2ccc(N(c3ccccc3)c3cccc4c3c3ccccc3n4-c3ccc(-c4ccccc4)c(-c4cccc5ccccc45)c3)cc2)cc1. The first kappa shape index (κ1) is 31.6. The average Bonchev–Trinajstić information content (AvgIpc) is 3.60. The van der Waals surface area contributed by atoms with Crippen LogP contribution in [0.1, 0.15) is 0 Å². The van der Waals surface area contributed by atoms with Gasteiger partial charge in [-0.3, -0.25) is 0 Å². The summed E-state index contributed by atoms with van der Waals surface area (Å²) < 4.78 is 2.44. The molecule has 1 heterocycles. The molecule has 0 radical (unpaired) electrons. The summed E-state index contributed by atoms with van der Waals surface area (Å²) in [6.07, 6.45) is 0. The number of nitrogens with zero attached hydrogens (tertiary/aromatic N) is 2. The van der Waals surface area contributed by atoms with E-state index in [0.29, 0.717) is 0 Å². The number of hydrogen-bond acceptors (Lipinski definition) is 1. The summed E-state index contributed by atoms with van der Waals surface area (Å²) in [5.41, 5.74) is 14.1. The van der Waals surface area contributed by atoms with Gasteiger partial charge in [0.25, 0.3) is 0 Å². The molecule has 10 aromatic rings. The van der Waals surface area contributed by atoms with E-state index < -0.39 is 0 Å². The van der Waals surface area contributed by atoms with Gasteiger partial charge in [-0.15, -0.1) is 0 Å². The molecular formula is C52H36N2. The zero-order chi connectivity index (χ0) is 35.8. The number of aromatic nitrogens is 1. The van der Waals surface area contributed by atoms with Crippen LogP contribution in [0.3, 0.4) is 0 Å². The van der Waals surface area contributed by atoms with E-state index in [4.69, 9.17) is 0 Å². The fourth-order valence-electron chi connectivity index (χ4n) is 8.13. The van der Waals surface area contributed by atoms with Crippen molar-refractivity contribution in [3.05, 3.63) is 218 Å². The first-order valence-electron chi connectivity index (χ1n) is 18.5. The predicted molar refractivity (Wildman–Crippen MR) is 229 cm³/mol. The normalized spacial score (nSPS) is 11.3. The van der Waals surface area contributed by atoms with Crippen LogP contribution in [0.5, 0.6) is 0 Å². The summed E-state index contributed by atoms with van der Waals surface area (Å²) in [4.78, 5) is 2.40. The Morgan fingerprint density at radius 3 is 1.69 bits per heavy atom. The van der Waals surface area contributed by atoms with Gasteiger partial charge in [0.1, 0.15) is 0 Å². The second kappa shape index (κ2) is 13.4. The number of fused-ring (bicyclic) bond motifs is 4. The van der Waals surface area contributed by atoms with Crippen LogP contribution in [0.2, 0.25) is 0 Å². The van der Waals surface area contributed by atoms with E-state index in [1.165, 1.54) is 60.4 Å². The van der Waals surface area contributed by atoms with E-state index in [1.807, 2.05) is 0 Å². The van der Waals surface area contributed by atoms with Crippen molar-refractivity contribution >= 4 is 49.6 Å². The molecule has 0 N–H and O–H groups in total. The van der Waals surface area contributed by atoms with E-state index in [1.54, 1.807) is 0 Å². The molecule has 0 fully saturated rings. The molecule has 0 unspecified atom stereocenters. The number of rotatable bonds is 7. The second-order valence-corrected chi connectivity index (χ2v) is 13.7. The Hall–Kier alpha value is -7.16. The van der Waals surface area contributed by atoms with Crippen molar-refractivity contribution < 1.29 is 0 Å². The minimum Gasteiger partial charge on any atom is -0.310 e. The van der Waals surface area contributed by atoms with Gasteiger partial charge >= 0.3 is 0 Å². The Balaban J connectivity index is 1.21. The molecule has 0 saturated heterocycles. The summed E-state index contributed by atoms with van der Waals surface area (Å²) in [6, 6.07) is 78.9. The number of hydrogen-bond donors (Lipinski definition) is 0. The van der Waals surface area contributed by atoms with Gasteiger partial charge in [-0.1, -0.05) is 164 Å². The van der Waals surface area contributed by atoms with Crippen LogP contribution in [-0.4, -0.2) is 4.57 Å². The van der Waals surface area contributed by atoms with Crippen LogP contribution in [0.4, 0.5) is 17.1 Å². The van der Waals surface area contributed by atoms with Crippen molar-refractivity contribution in [3.63, 3.8) is 0 Å². The predicted octanol–water partition coefficient (Wildman–Crippen LogP) is 14.4. The number of para-hydroxylation sites is 2. The molecule has 0 saturated carbocycles. The van der Waals surface area contributed by atoms with Crippen LogP contribution < -0.4 is 4.90 Å². The van der Waals surface area contributed by atoms with Crippen molar-refractivity contribution in [2.75, 3.05) is 4.90 Å². The molecule has 0 spiro atoms. The Bertz CT molecular complexity index is 2900. The number of benzene rings is 9. The lowest BCUT2D eigenvalue weighted by Gasteiger charge is -2.26. The van der Waals surface area contributed by atoms with Crippen molar-refractivity contribution in [1.29, 1.82) is 0 Å². The van der Waals surface area contributed by atoms with Gasteiger partial charge in [-0.05, 0) is 98.8 Å². The van der Waals surface area contributed by atoms with Gasteiger partial charge in [0.05, 0.1) is 16.7 Å². The Morgan fingerprint density at radius 2 is 0.907 bits per heavy atom. The van der Waals surface area contributed by atoms with Gasteiger partial charge in [0.15, 0.2) is 0 Å². The fraction of sp³-hybridized carbons (Fsp3) is 0. The molecule has 2 heteroatoms. The van der Waals surface area contributed by atoms with Crippen molar-refractivity contribution in [2.45, 2.75) is 0 Å². The Labute approximate surface area is 315 Å². The van der Waals surface area contributed by atoms with Gasteiger partial charge in [0.2, 0.25) is 0 Å². The minimum atomic E-state index is 1.11. The zero-order valence-corrected chi connectivity index (χ0v) is 29.7. The van der Waals surface area contributed by atoms with E-state index in [-0.39, 0.29) is 0 Å². The fourth-order valence-corrected chi connectivity index (χ4v) is 8.13. The summed E-state index contributed by atoms with van der Waals surface area (Å²) in [5.74, 6) is 0. The lowest BCUT2D eigenvalue weighted by atomic mass is 9.91. The van der Waals surface area contributed by atoms with Crippen LogP contribution in [0.15, 0.2) is 218 Å². The summed E-state index contributed by atoms with van der Waals surface area (Å²) in [7, 11) is 0. The molecule has 0 bridgehead atoms. The lowest BCUT2D eigenvalue weighted by Crippen LogP contribution is -2.10. The highest BCUT2D eigenvalue weighted by Gasteiger charge is 2.22. The van der Waals surface area contributed by atoms with E-state index >= 15 is 0 Å². The van der Waals surface area contributed by atoms with Crippen LogP contribution in [0, 0.1) is 0 Å². The smallest absolute Gasteiger partial charge is 0.0562 e. The zero-order valence-electron chi connectivity index (χ0n) is 29.7. The molecule has 10 rings (SSSR count). The van der Waals surface area contributed by atoms with Crippen LogP contribution in [0.25, 0.3) is 71.6 Å². The molecule has 0 atom stereocenters. The average molecular weight is 689 g/mol. The monoisotopic (exact) mass is 688 g/mol. The maximum absolute atomic E-state index is 2.44. The third-order valence-electron chi connectivity index (χ3n) is 10.6. The Kier molecular flexibility index (Phi) is 7.85. The quantitative estimate of drug-likeness (QED) is 0.162. The summed E-state index contributed by atoms with van der Waals surface area (Å²) >= 11 is 0. The molecule has 0 amide bonds. The standard InChI is InChI=1S/C52H36N2/c1-4-16-37(17-5-1)38-30-32-42(33-31-38)53(41-22-8-3-9-23-41)50-28-15-29-51-52(50)47-25-12-13-27-49(47)54(51)43-34-35-45(39-18-6-2-7-19-39)48(36-43)46-26-14-21-40-20-10-11-24-44(40)46/h1-36H. The van der Waals surface area contributed by atoms with Gasteiger partial charge in [-0.2, -0.15) is 0 Å². The first-order chi connectivity index (χ1) is 26.8. The molecule has 2 nitrogen and oxygen atoms in total. The maximum atomic E-state index is 2.44. The molecule has 254 valence electrons. The molecule has 1 aromatic heterocycles. The molecular weight excluding hydrogens is 653 g/mol. The topological polar surface area (TPSA) is 8.17 Å². The van der Waals surface area contributed by atoms with Crippen LogP contribution in [-0.2, 0) is 0 Å². The third kappa shape index (κ3) is 5.44.